The van der Waals surface area contributed by atoms with Gasteiger partial charge in [0.2, 0.25) is 5.91 Å². The van der Waals surface area contributed by atoms with E-state index in [0.717, 1.165) is 31.2 Å². The van der Waals surface area contributed by atoms with Gasteiger partial charge in [-0.1, -0.05) is 36.6 Å². The smallest absolute Gasteiger partial charge is 0.223 e. The molecule has 1 amide bonds. The summed E-state index contributed by atoms with van der Waals surface area (Å²) in [7, 11) is 0. The van der Waals surface area contributed by atoms with Gasteiger partial charge in [0.05, 0.1) is 12.6 Å². The zero-order valence-electron chi connectivity index (χ0n) is 10.2. The van der Waals surface area contributed by atoms with Crippen molar-refractivity contribution in [1.29, 1.82) is 0 Å². The molecule has 0 aliphatic heterocycles. The van der Waals surface area contributed by atoms with E-state index in [4.69, 9.17) is 11.6 Å². The number of aliphatic hydroxyl groups excluding tert-OH is 1. The third-order valence-electron chi connectivity index (χ3n) is 3.50. The molecule has 2 rings (SSSR count). The Labute approximate surface area is 112 Å². The molecule has 1 saturated carbocycles. The zero-order chi connectivity index (χ0) is 13.0. The molecule has 2 N–H and O–H groups in total. The summed E-state index contributed by atoms with van der Waals surface area (Å²) in [4.78, 5) is 12.0. The molecule has 98 valence electrons. The summed E-state index contributed by atoms with van der Waals surface area (Å²) in [5.74, 6) is 0.174. The first-order valence-corrected chi connectivity index (χ1v) is 6.75. The standard InChI is InChI=1S/C14H18ClNO2/c15-12-7-5-10(6-8-12)13(9-17)16-14(18)11-3-1-2-4-11/h5-8,11,13,17H,1-4,9H2,(H,16,18). The minimum atomic E-state index is -0.338. The molecule has 1 aliphatic carbocycles. The van der Waals surface area contributed by atoms with Crippen LogP contribution >= 0.6 is 11.6 Å². The molecule has 0 radical (unpaired) electrons. The fourth-order valence-electron chi connectivity index (χ4n) is 2.41. The summed E-state index contributed by atoms with van der Waals surface area (Å²) in [6.45, 7) is -0.0971. The van der Waals surface area contributed by atoms with Gasteiger partial charge in [-0.3, -0.25) is 4.79 Å². The molecule has 0 bridgehead atoms. The molecule has 1 atom stereocenters. The predicted octanol–water partition coefficient (Wildman–Crippen LogP) is 2.68. The molecule has 18 heavy (non-hydrogen) atoms. The van der Waals surface area contributed by atoms with Crippen molar-refractivity contribution in [3.8, 4) is 0 Å². The highest BCUT2D eigenvalue weighted by atomic mass is 35.5. The van der Waals surface area contributed by atoms with Gasteiger partial charge < -0.3 is 10.4 Å². The van der Waals surface area contributed by atoms with Crippen LogP contribution in [0, 0.1) is 5.92 Å². The Hall–Kier alpha value is -1.06. The second-order valence-electron chi connectivity index (χ2n) is 4.78. The number of nitrogens with one attached hydrogen (secondary N) is 1. The number of carbonyl (C=O) groups is 1. The fraction of sp³-hybridized carbons (Fsp3) is 0.500. The summed E-state index contributed by atoms with van der Waals surface area (Å²) >= 11 is 5.82. The first-order chi connectivity index (χ1) is 8.70. The minimum Gasteiger partial charge on any atom is -0.394 e. The Morgan fingerprint density at radius 2 is 1.94 bits per heavy atom. The van der Waals surface area contributed by atoms with E-state index in [9.17, 15) is 9.90 Å². The molecule has 0 saturated heterocycles. The van der Waals surface area contributed by atoms with Crippen molar-refractivity contribution in [2.24, 2.45) is 5.92 Å². The van der Waals surface area contributed by atoms with Crippen LogP contribution in [-0.2, 0) is 4.79 Å². The number of benzene rings is 1. The fourth-order valence-corrected chi connectivity index (χ4v) is 2.53. The average Bonchev–Trinajstić information content (AvgIpc) is 2.91. The SMILES string of the molecule is O=C(NC(CO)c1ccc(Cl)cc1)C1CCCC1. The average molecular weight is 268 g/mol. The molecular formula is C14H18ClNO2. The van der Waals surface area contributed by atoms with E-state index in [1.165, 1.54) is 0 Å². The van der Waals surface area contributed by atoms with Gasteiger partial charge in [-0.25, -0.2) is 0 Å². The molecule has 1 aromatic carbocycles. The largest absolute Gasteiger partial charge is 0.394 e. The minimum absolute atomic E-state index is 0.0569. The van der Waals surface area contributed by atoms with Gasteiger partial charge in [0.1, 0.15) is 0 Å². The Morgan fingerprint density at radius 3 is 2.50 bits per heavy atom. The van der Waals surface area contributed by atoms with Crippen LogP contribution in [0.5, 0.6) is 0 Å². The Morgan fingerprint density at radius 1 is 1.33 bits per heavy atom. The lowest BCUT2D eigenvalue weighted by Gasteiger charge is -2.19. The molecule has 1 aliphatic rings. The maximum Gasteiger partial charge on any atom is 0.223 e. The van der Waals surface area contributed by atoms with Crippen LogP contribution in [0.3, 0.4) is 0 Å². The van der Waals surface area contributed by atoms with Gasteiger partial charge in [-0.05, 0) is 30.5 Å². The van der Waals surface area contributed by atoms with Gasteiger partial charge in [0, 0.05) is 10.9 Å². The van der Waals surface area contributed by atoms with Gasteiger partial charge >= 0.3 is 0 Å². The number of aliphatic hydroxyl groups is 1. The molecule has 1 aromatic rings. The van der Waals surface area contributed by atoms with E-state index in [1.54, 1.807) is 12.1 Å². The summed E-state index contributed by atoms with van der Waals surface area (Å²) in [6.07, 6.45) is 4.18. The van der Waals surface area contributed by atoms with Crippen LogP contribution in [0.2, 0.25) is 5.02 Å². The van der Waals surface area contributed by atoms with E-state index in [1.807, 2.05) is 12.1 Å². The van der Waals surface area contributed by atoms with E-state index in [0.29, 0.717) is 5.02 Å². The molecule has 1 unspecified atom stereocenters. The van der Waals surface area contributed by atoms with E-state index in [-0.39, 0.29) is 24.5 Å². The maximum atomic E-state index is 12.0. The molecule has 0 aromatic heterocycles. The first-order valence-electron chi connectivity index (χ1n) is 6.37. The summed E-state index contributed by atoms with van der Waals surface area (Å²) in [5.41, 5.74) is 0.883. The molecular weight excluding hydrogens is 250 g/mol. The van der Waals surface area contributed by atoms with E-state index < -0.39 is 0 Å². The molecule has 4 heteroatoms. The summed E-state index contributed by atoms with van der Waals surface area (Å²) in [5, 5.41) is 13.0. The van der Waals surface area contributed by atoms with Gasteiger partial charge in [0.15, 0.2) is 0 Å². The lowest BCUT2D eigenvalue weighted by atomic mass is 10.0. The van der Waals surface area contributed by atoms with Gasteiger partial charge in [0.25, 0.3) is 0 Å². The Balaban J connectivity index is 2.00. The van der Waals surface area contributed by atoms with Crippen LogP contribution in [0.4, 0.5) is 0 Å². The van der Waals surface area contributed by atoms with Crippen LogP contribution in [0.25, 0.3) is 0 Å². The van der Waals surface area contributed by atoms with Gasteiger partial charge in [-0.2, -0.15) is 0 Å². The van der Waals surface area contributed by atoms with E-state index in [2.05, 4.69) is 5.32 Å². The summed E-state index contributed by atoms with van der Waals surface area (Å²) in [6, 6.07) is 6.86. The third kappa shape index (κ3) is 3.24. The van der Waals surface area contributed by atoms with Crippen molar-refractivity contribution in [3.63, 3.8) is 0 Å². The maximum absolute atomic E-state index is 12.0. The van der Waals surface area contributed by atoms with Gasteiger partial charge in [-0.15, -0.1) is 0 Å². The van der Waals surface area contributed by atoms with Crippen LogP contribution in [0.1, 0.15) is 37.3 Å². The number of rotatable bonds is 4. The molecule has 1 fully saturated rings. The topological polar surface area (TPSA) is 49.3 Å². The van der Waals surface area contributed by atoms with Crippen LogP contribution < -0.4 is 5.32 Å². The van der Waals surface area contributed by atoms with Crippen molar-refractivity contribution in [1.82, 2.24) is 5.32 Å². The van der Waals surface area contributed by atoms with E-state index >= 15 is 0 Å². The van der Waals surface area contributed by atoms with Crippen molar-refractivity contribution < 1.29 is 9.90 Å². The molecule has 0 spiro atoms. The Bertz CT molecular complexity index is 399. The first kappa shape index (κ1) is 13.4. The lowest BCUT2D eigenvalue weighted by molar-refractivity contribution is -0.125. The van der Waals surface area contributed by atoms with Crippen molar-refractivity contribution in [3.05, 3.63) is 34.9 Å². The highest BCUT2D eigenvalue weighted by Gasteiger charge is 2.24. The lowest BCUT2D eigenvalue weighted by Crippen LogP contribution is -2.34. The van der Waals surface area contributed by atoms with Crippen LogP contribution in [0.15, 0.2) is 24.3 Å². The second kappa shape index (κ2) is 6.21. The normalized spacial score (nSPS) is 17.7. The quantitative estimate of drug-likeness (QED) is 0.881. The highest BCUT2D eigenvalue weighted by molar-refractivity contribution is 6.30. The number of carbonyl (C=O) groups excluding carboxylic acids is 1. The number of hydrogen-bond acceptors (Lipinski definition) is 2. The zero-order valence-corrected chi connectivity index (χ0v) is 11.0. The highest BCUT2D eigenvalue weighted by Crippen LogP contribution is 2.26. The molecule has 0 heterocycles. The third-order valence-corrected chi connectivity index (χ3v) is 3.75. The van der Waals surface area contributed by atoms with Crippen molar-refractivity contribution in [2.45, 2.75) is 31.7 Å². The predicted molar refractivity (Wildman–Crippen MR) is 71.4 cm³/mol. The summed E-state index contributed by atoms with van der Waals surface area (Å²) < 4.78 is 0. The molecule has 3 nitrogen and oxygen atoms in total. The second-order valence-corrected chi connectivity index (χ2v) is 5.21. The number of halogens is 1. The van der Waals surface area contributed by atoms with Crippen LogP contribution in [-0.4, -0.2) is 17.6 Å². The van der Waals surface area contributed by atoms with Crippen molar-refractivity contribution in [2.75, 3.05) is 6.61 Å². The number of amides is 1. The monoisotopic (exact) mass is 267 g/mol. The van der Waals surface area contributed by atoms with Crippen molar-refractivity contribution >= 4 is 17.5 Å². The Kier molecular flexibility index (Phi) is 4.61. The number of hydrogen-bond donors (Lipinski definition) is 2.